The van der Waals surface area contributed by atoms with Crippen LogP contribution < -0.4 is 10.6 Å². The molecule has 2 amide bonds. The smallest absolute Gasteiger partial charge is 0.407 e. The van der Waals surface area contributed by atoms with Crippen LogP contribution in [0, 0.1) is 0 Å². The molecule has 0 atom stereocenters. The zero-order valence-electron chi connectivity index (χ0n) is 14.9. The Balaban J connectivity index is 1.52. The van der Waals surface area contributed by atoms with E-state index in [1.807, 2.05) is 35.7 Å². The number of hydrogen-bond acceptors (Lipinski definition) is 5. The molecule has 2 N–H and O–H groups in total. The van der Waals surface area contributed by atoms with Gasteiger partial charge in [0.15, 0.2) is 0 Å². The summed E-state index contributed by atoms with van der Waals surface area (Å²) in [5.74, 6) is -0.621. The highest BCUT2D eigenvalue weighted by Gasteiger charge is 2.16. The van der Waals surface area contributed by atoms with Crippen molar-refractivity contribution in [3.63, 3.8) is 0 Å². The summed E-state index contributed by atoms with van der Waals surface area (Å²) >= 11 is 1.34. The van der Waals surface area contributed by atoms with E-state index in [9.17, 15) is 14.4 Å². The van der Waals surface area contributed by atoms with Crippen molar-refractivity contribution in [1.82, 2.24) is 5.32 Å². The molecule has 0 saturated heterocycles. The number of ketones is 1. The van der Waals surface area contributed by atoms with E-state index in [0.717, 1.165) is 5.56 Å². The Hall–Kier alpha value is -3.45. The number of anilines is 1. The van der Waals surface area contributed by atoms with Gasteiger partial charge in [0.05, 0.1) is 10.6 Å². The third-order valence-corrected chi connectivity index (χ3v) is 4.67. The minimum atomic E-state index is -0.693. The minimum absolute atomic E-state index is 0.118. The van der Waals surface area contributed by atoms with Crippen molar-refractivity contribution in [1.29, 1.82) is 0 Å². The summed E-state index contributed by atoms with van der Waals surface area (Å²) in [5, 5.41) is 6.87. The number of para-hydroxylation sites is 1. The highest BCUT2D eigenvalue weighted by Crippen LogP contribution is 2.21. The van der Waals surface area contributed by atoms with Crippen LogP contribution >= 0.6 is 11.3 Å². The van der Waals surface area contributed by atoms with Crippen molar-refractivity contribution in [2.45, 2.75) is 6.61 Å². The molecule has 0 unspecified atom stereocenters. The van der Waals surface area contributed by atoms with Gasteiger partial charge in [0, 0.05) is 5.56 Å². The molecule has 0 aliphatic rings. The summed E-state index contributed by atoms with van der Waals surface area (Å²) in [4.78, 5) is 37.1. The van der Waals surface area contributed by atoms with Gasteiger partial charge in [-0.3, -0.25) is 9.59 Å². The first-order valence-corrected chi connectivity index (χ1v) is 9.43. The number of alkyl carbamates (subject to hydrolysis) is 1. The van der Waals surface area contributed by atoms with Gasteiger partial charge >= 0.3 is 6.09 Å². The molecule has 0 radical (unpaired) electrons. The molecule has 2 aromatic carbocycles. The average Bonchev–Trinajstić information content (AvgIpc) is 3.26. The second kappa shape index (κ2) is 9.48. The largest absolute Gasteiger partial charge is 0.445 e. The van der Waals surface area contributed by atoms with Crippen LogP contribution in [-0.2, 0) is 16.1 Å². The van der Waals surface area contributed by atoms with Gasteiger partial charge in [-0.15, -0.1) is 11.3 Å². The van der Waals surface area contributed by atoms with Crippen molar-refractivity contribution in [3.8, 4) is 0 Å². The maximum atomic E-state index is 12.6. The number of benzene rings is 2. The molecule has 0 aliphatic carbocycles. The molecular formula is C21H18N2O4S. The molecular weight excluding hydrogens is 376 g/mol. The quantitative estimate of drug-likeness (QED) is 0.596. The first-order chi connectivity index (χ1) is 13.6. The van der Waals surface area contributed by atoms with Crippen LogP contribution in [-0.4, -0.2) is 24.3 Å². The van der Waals surface area contributed by atoms with Crippen LogP contribution in [0.2, 0.25) is 0 Å². The lowest BCUT2D eigenvalue weighted by atomic mass is 10.1. The standard InChI is InChI=1S/C21H18N2O4S/c24-19(13-22-21(26)27-14-15-7-2-1-3-8-15)23-17-10-5-4-9-16(17)20(25)18-11-6-12-28-18/h1-12H,13-14H2,(H,22,26)(H,23,24). The first-order valence-electron chi connectivity index (χ1n) is 8.55. The van der Waals surface area contributed by atoms with Crippen LogP contribution in [0.25, 0.3) is 0 Å². The van der Waals surface area contributed by atoms with E-state index in [1.54, 1.807) is 36.4 Å². The molecule has 0 saturated carbocycles. The summed E-state index contributed by atoms with van der Waals surface area (Å²) < 4.78 is 5.06. The maximum Gasteiger partial charge on any atom is 0.407 e. The summed E-state index contributed by atoms with van der Waals surface area (Å²) in [6.07, 6.45) is -0.693. The predicted molar refractivity (Wildman–Crippen MR) is 107 cm³/mol. The van der Waals surface area contributed by atoms with E-state index in [4.69, 9.17) is 4.74 Å². The van der Waals surface area contributed by atoms with Crippen molar-refractivity contribution in [2.75, 3.05) is 11.9 Å². The van der Waals surface area contributed by atoms with E-state index >= 15 is 0 Å². The van der Waals surface area contributed by atoms with E-state index < -0.39 is 12.0 Å². The SMILES string of the molecule is O=C(CNC(=O)OCc1ccccc1)Nc1ccccc1C(=O)c1cccs1. The molecule has 28 heavy (non-hydrogen) atoms. The van der Waals surface area contributed by atoms with E-state index in [2.05, 4.69) is 10.6 Å². The van der Waals surface area contributed by atoms with Gasteiger partial charge in [0.25, 0.3) is 0 Å². The molecule has 6 nitrogen and oxygen atoms in total. The third kappa shape index (κ3) is 5.28. The Morgan fingerprint density at radius 2 is 1.64 bits per heavy atom. The summed E-state index contributed by atoms with van der Waals surface area (Å²) in [6, 6.07) is 19.5. The highest BCUT2D eigenvalue weighted by molar-refractivity contribution is 7.12. The number of carbonyl (C=O) groups excluding carboxylic acids is 3. The number of hydrogen-bond donors (Lipinski definition) is 2. The third-order valence-electron chi connectivity index (χ3n) is 3.80. The Morgan fingerprint density at radius 1 is 0.893 bits per heavy atom. The molecule has 7 heteroatoms. The van der Waals surface area contributed by atoms with Gasteiger partial charge in [-0.1, -0.05) is 48.5 Å². The molecule has 0 fully saturated rings. The predicted octanol–water partition coefficient (Wildman–Crippen LogP) is 3.84. The Bertz CT molecular complexity index is 956. The van der Waals surface area contributed by atoms with E-state index in [1.165, 1.54) is 11.3 Å². The fraction of sp³-hybridized carbons (Fsp3) is 0.0952. The van der Waals surface area contributed by atoms with Crippen LogP contribution in [0.1, 0.15) is 20.8 Å². The van der Waals surface area contributed by atoms with Gasteiger partial charge in [-0.25, -0.2) is 4.79 Å². The summed E-state index contributed by atoms with van der Waals surface area (Å²) in [7, 11) is 0. The lowest BCUT2D eigenvalue weighted by Gasteiger charge is -2.11. The Morgan fingerprint density at radius 3 is 2.39 bits per heavy atom. The Kier molecular flexibility index (Phi) is 6.54. The first kappa shape index (κ1) is 19.3. The average molecular weight is 394 g/mol. The maximum absolute atomic E-state index is 12.6. The minimum Gasteiger partial charge on any atom is -0.445 e. The molecule has 3 rings (SSSR count). The van der Waals surface area contributed by atoms with Gasteiger partial charge in [-0.05, 0) is 29.1 Å². The molecule has 0 aliphatic heterocycles. The molecule has 1 heterocycles. The van der Waals surface area contributed by atoms with Crippen LogP contribution in [0.5, 0.6) is 0 Å². The normalized spacial score (nSPS) is 10.1. The van der Waals surface area contributed by atoms with Crippen LogP contribution in [0.15, 0.2) is 72.1 Å². The lowest BCUT2D eigenvalue weighted by molar-refractivity contribution is -0.115. The van der Waals surface area contributed by atoms with Crippen molar-refractivity contribution in [2.24, 2.45) is 0 Å². The van der Waals surface area contributed by atoms with E-state index in [-0.39, 0.29) is 18.9 Å². The van der Waals surface area contributed by atoms with Crippen molar-refractivity contribution < 1.29 is 19.1 Å². The number of rotatable bonds is 7. The van der Waals surface area contributed by atoms with Gasteiger partial charge in [-0.2, -0.15) is 0 Å². The van der Waals surface area contributed by atoms with Crippen molar-refractivity contribution in [3.05, 3.63) is 88.1 Å². The summed E-state index contributed by atoms with van der Waals surface area (Å²) in [6.45, 7) is -0.151. The summed E-state index contributed by atoms with van der Waals surface area (Å²) in [5.41, 5.74) is 1.64. The molecule has 142 valence electrons. The number of carbonyl (C=O) groups is 3. The number of nitrogens with one attached hydrogen (secondary N) is 2. The zero-order valence-corrected chi connectivity index (χ0v) is 15.7. The van der Waals surface area contributed by atoms with Gasteiger partial charge < -0.3 is 15.4 Å². The zero-order chi connectivity index (χ0) is 19.8. The molecule has 0 spiro atoms. The fourth-order valence-corrected chi connectivity index (χ4v) is 3.13. The van der Waals surface area contributed by atoms with Crippen LogP contribution in [0.3, 0.4) is 0 Å². The second-order valence-corrected chi connectivity index (χ2v) is 6.76. The highest BCUT2D eigenvalue weighted by atomic mass is 32.1. The monoisotopic (exact) mass is 394 g/mol. The van der Waals surface area contributed by atoms with Gasteiger partial charge in [0.2, 0.25) is 11.7 Å². The Labute approximate surface area is 166 Å². The second-order valence-electron chi connectivity index (χ2n) is 5.82. The molecule has 3 aromatic rings. The molecule has 0 bridgehead atoms. The van der Waals surface area contributed by atoms with Crippen molar-refractivity contribution >= 4 is 34.8 Å². The van der Waals surface area contributed by atoms with E-state index in [0.29, 0.717) is 16.1 Å². The number of ether oxygens (including phenoxy) is 1. The molecule has 1 aromatic heterocycles. The number of thiophene rings is 1. The number of amides is 2. The van der Waals surface area contributed by atoms with Crippen LogP contribution in [0.4, 0.5) is 10.5 Å². The van der Waals surface area contributed by atoms with Gasteiger partial charge in [0.1, 0.15) is 13.2 Å². The topological polar surface area (TPSA) is 84.5 Å². The fourth-order valence-electron chi connectivity index (χ4n) is 2.45. The lowest BCUT2D eigenvalue weighted by Crippen LogP contribution is -2.33.